The minimum Gasteiger partial charge on any atom is -0.497 e. The van der Waals surface area contributed by atoms with Crippen molar-refractivity contribution in [3.63, 3.8) is 0 Å². The SMILES string of the molecule is COc1ccc(OC)c(C2CCCN2C(=O)Nc2cccc(SC(F)F)c2)c1. The molecule has 28 heavy (non-hydrogen) atoms. The van der Waals surface area contributed by atoms with E-state index in [9.17, 15) is 13.6 Å². The first-order valence-corrected chi connectivity index (χ1v) is 9.74. The first-order chi connectivity index (χ1) is 13.5. The van der Waals surface area contributed by atoms with Gasteiger partial charge in [0.15, 0.2) is 0 Å². The second kappa shape index (κ2) is 9.14. The summed E-state index contributed by atoms with van der Waals surface area (Å²) in [6.45, 7) is 0.600. The molecule has 8 heteroatoms. The Labute approximate surface area is 167 Å². The van der Waals surface area contributed by atoms with Crippen LogP contribution in [0.3, 0.4) is 0 Å². The van der Waals surface area contributed by atoms with E-state index in [2.05, 4.69) is 5.32 Å². The number of urea groups is 1. The summed E-state index contributed by atoms with van der Waals surface area (Å²) in [5.41, 5.74) is 1.37. The number of hydrogen-bond acceptors (Lipinski definition) is 4. The number of likely N-dealkylation sites (tertiary alicyclic amines) is 1. The van der Waals surface area contributed by atoms with E-state index in [-0.39, 0.29) is 12.1 Å². The lowest BCUT2D eigenvalue weighted by atomic mass is 10.0. The smallest absolute Gasteiger partial charge is 0.322 e. The summed E-state index contributed by atoms with van der Waals surface area (Å²) < 4.78 is 35.9. The Morgan fingerprint density at radius 2 is 2.04 bits per heavy atom. The average Bonchev–Trinajstić information content (AvgIpc) is 3.17. The Balaban J connectivity index is 1.79. The number of thioether (sulfide) groups is 1. The molecule has 3 rings (SSSR count). The highest BCUT2D eigenvalue weighted by atomic mass is 32.2. The molecule has 1 heterocycles. The maximum atomic E-state index is 12.9. The van der Waals surface area contributed by atoms with Gasteiger partial charge < -0.3 is 19.7 Å². The van der Waals surface area contributed by atoms with E-state index in [1.165, 1.54) is 0 Å². The first-order valence-electron chi connectivity index (χ1n) is 8.86. The zero-order valence-corrected chi connectivity index (χ0v) is 16.5. The van der Waals surface area contributed by atoms with Gasteiger partial charge in [-0.1, -0.05) is 17.8 Å². The second-order valence-electron chi connectivity index (χ2n) is 6.30. The summed E-state index contributed by atoms with van der Waals surface area (Å²) in [7, 11) is 3.19. The van der Waals surface area contributed by atoms with Gasteiger partial charge in [0.1, 0.15) is 11.5 Å². The van der Waals surface area contributed by atoms with Gasteiger partial charge in [-0.05, 0) is 49.2 Å². The molecule has 0 saturated carbocycles. The molecule has 1 aliphatic rings. The van der Waals surface area contributed by atoms with Crippen molar-refractivity contribution in [3.8, 4) is 11.5 Å². The van der Waals surface area contributed by atoms with Crippen LogP contribution in [0.15, 0.2) is 47.4 Å². The predicted molar refractivity (Wildman–Crippen MR) is 106 cm³/mol. The zero-order chi connectivity index (χ0) is 20.1. The molecule has 0 radical (unpaired) electrons. The van der Waals surface area contributed by atoms with Crippen LogP contribution in [0.4, 0.5) is 19.3 Å². The van der Waals surface area contributed by atoms with Crippen LogP contribution >= 0.6 is 11.8 Å². The van der Waals surface area contributed by atoms with E-state index in [0.717, 1.165) is 18.4 Å². The highest BCUT2D eigenvalue weighted by Crippen LogP contribution is 2.39. The summed E-state index contributed by atoms with van der Waals surface area (Å²) in [5, 5.41) is 2.82. The number of nitrogens with one attached hydrogen (secondary N) is 1. The van der Waals surface area contributed by atoms with Gasteiger partial charge in [0.05, 0.1) is 20.3 Å². The van der Waals surface area contributed by atoms with Crippen molar-refractivity contribution in [2.75, 3.05) is 26.1 Å². The quantitative estimate of drug-likeness (QED) is 0.652. The molecule has 0 aromatic heterocycles. The lowest BCUT2D eigenvalue weighted by Gasteiger charge is -2.27. The number of amides is 2. The summed E-state index contributed by atoms with van der Waals surface area (Å²) in [4.78, 5) is 15.0. The number of anilines is 1. The minimum absolute atomic E-state index is 0.149. The summed E-state index contributed by atoms with van der Waals surface area (Å²) >= 11 is 0.450. The summed E-state index contributed by atoms with van der Waals surface area (Å²) in [6, 6.07) is 11.6. The fraction of sp³-hybridized carbons (Fsp3) is 0.350. The van der Waals surface area contributed by atoms with Gasteiger partial charge in [0.25, 0.3) is 5.76 Å². The molecule has 0 aliphatic carbocycles. The van der Waals surface area contributed by atoms with Crippen molar-refractivity contribution < 1.29 is 23.0 Å². The number of methoxy groups -OCH3 is 2. The first kappa shape index (κ1) is 20.3. The number of hydrogen-bond donors (Lipinski definition) is 1. The molecule has 2 aromatic carbocycles. The van der Waals surface area contributed by atoms with Gasteiger partial charge in [0.2, 0.25) is 0 Å². The van der Waals surface area contributed by atoms with Crippen LogP contribution < -0.4 is 14.8 Å². The molecule has 2 aromatic rings. The van der Waals surface area contributed by atoms with Gasteiger partial charge in [-0.15, -0.1) is 0 Å². The van der Waals surface area contributed by atoms with Crippen LogP contribution in [-0.2, 0) is 0 Å². The van der Waals surface area contributed by atoms with Crippen LogP contribution in [0.2, 0.25) is 0 Å². The Kier molecular flexibility index (Phi) is 6.61. The Morgan fingerprint density at radius 1 is 1.21 bits per heavy atom. The monoisotopic (exact) mass is 408 g/mol. The van der Waals surface area contributed by atoms with Crippen molar-refractivity contribution >= 4 is 23.5 Å². The van der Waals surface area contributed by atoms with Crippen molar-refractivity contribution in [2.24, 2.45) is 0 Å². The van der Waals surface area contributed by atoms with Crippen LogP contribution in [0.25, 0.3) is 0 Å². The average molecular weight is 408 g/mol. The molecule has 0 spiro atoms. The summed E-state index contributed by atoms with van der Waals surface area (Å²) in [6.07, 6.45) is 1.66. The van der Waals surface area contributed by atoms with E-state index >= 15 is 0 Å². The molecular weight excluding hydrogens is 386 g/mol. The number of carbonyl (C=O) groups is 1. The van der Waals surface area contributed by atoms with E-state index < -0.39 is 5.76 Å². The fourth-order valence-corrected chi connectivity index (χ4v) is 3.94. The number of benzene rings is 2. The Hall–Kier alpha value is -2.48. The van der Waals surface area contributed by atoms with Crippen LogP contribution in [0, 0.1) is 0 Å². The molecule has 1 atom stereocenters. The minimum atomic E-state index is -2.51. The number of ether oxygens (including phenoxy) is 2. The van der Waals surface area contributed by atoms with Crippen molar-refractivity contribution in [1.82, 2.24) is 4.90 Å². The zero-order valence-electron chi connectivity index (χ0n) is 15.7. The highest BCUT2D eigenvalue weighted by molar-refractivity contribution is 7.99. The van der Waals surface area contributed by atoms with Gasteiger partial charge in [0, 0.05) is 22.7 Å². The van der Waals surface area contributed by atoms with Crippen LogP contribution in [-0.4, -0.2) is 37.5 Å². The van der Waals surface area contributed by atoms with Crippen LogP contribution in [0.5, 0.6) is 11.5 Å². The van der Waals surface area contributed by atoms with Gasteiger partial charge >= 0.3 is 6.03 Å². The lowest BCUT2D eigenvalue weighted by Crippen LogP contribution is -2.34. The molecule has 1 fully saturated rings. The number of nitrogens with zero attached hydrogens (tertiary/aromatic N) is 1. The lowest BCUT2D eigenvalue weighted by molar-refractivity contribution is 0.206. The maximum absolute atomic E-state index is 12.9. The van der Waals surface area contributed by atoms with E-state index in [1.807, 2.05) is 18.2 Å². The third-order valence-corrected chi connectivity index (χ3v) is 5.32. The van der Waals surface area contributed by atoms with E-state index in [4.69, 9.17) is 9.47 Å². The number of halogens is 2. The third kappa shape index (κ3) is 4.67. The molecular formula is C20H22F2N2O3S. The van der Waals surface area contributed by atoms with Crippen molar-refractivity contribution in [2.45, 2.75) is 29.5 Å². The largest absolute Gasteiger partial charge is 0.497 e. The van der Waals surface area contributed by atoms with Crippen molar-refractivity contribution in [1.29, 1.82) is 0 Å². The Morgan fingerprint density at radius 3 is 2.75 bits per heavy atom. The molecule has 5 nitrogen and oxygen atoms in total. The topological polar surface area (TPSA) is 50.8 Å². The molecule has 1 saturated heterocycles. The number of rotatable bonds is 6. The van der Waals surface area contributed by atoms with E-state index in [1.54, 1.807) is 43.4 Å². The predicted octanol–water partition coefficient (Wildman–Crippen LogP) is 5.39. The number of alkyl halides is 2. The molecule has 150 valence electrons. The summed E-state index contributed by atoms with van der Waals surface area (Å²) in [5.74, 6) is -1.12. The standard InChI is InChI=1S/C20H22F2N2O3S/c1-26-14-8-9-18(27-2)16(12-14)17-7-4-10-24(17)20(25)23-13-5-3-6-15(11-13)28-19(21)22/h3,5-6,8-9,11-12,17,19H,4,7,10H2,1-2H3,(H,23,25). The van der Waals surface area contributed by atoms with Gasteiger partial charge in [-0.3, -0.25) is 0 Å². The van der Waals surface area contributed by atoms with Crippen LogP contribution in [0.1, 0.15) is 24.4 Å². The number of carbonyl (C=O) groups excluding carboxylic acids is 1. The molecule has 1 aliphatic heterocycles. The third-order valence-electron chi connectivity index (χ3n) is 4.62. The van der Waals surface area contributed by atoms with E-state index in [0.29, 0.717) is 40.4 Å². The van der Waals surface area contributed by atoms with Gasteiger partial charge in [-0.25, -0.2) is 4.79 Å². The highest BCUT2D eigenvalue weighted by Gasteiger charge is 2.32. The maximum Gasteiger partial charge on any atom is 0.322 e. The fourth-order valence-electron chi connectivity index (χ4n) is 3.38. The normalized spacial score (nSPS) is 16.3. The van der Waals surface area contributed by atoms with Gasteiger partial charge in [-0.2, -0.15) is 8.78 Å². The Bertz CT molecular complexity index is 835. The molecule has 0 bridgehead atoms. The molecule has 1 N–H and O–H groups in total. The molecule has 2 amide bonds. The second-order valence-corrected chi connectivity index (χ2v) is 7.36. The van der Waals surface area contributed by atoms with Crippen molar-refractivity contribution in [3.05, 3.63) is 48.0 Å². The molecule has 1 unspecified atom stereocenters.